The Kier molecular flexibility index (Phi) is 6.93. The molecule has 0 fully saturated rings. The van der Waals surface area contributed by atoms with Crippen molar-refractivity contribution in [2.45, 2.75) is 32.3 Å². The van der Waals surface area contributed by atoms with Gasteiger partial charge in [0.1, 0.15) is 34.6 Å². The summed E-state index contributed by atoms with van der Waals surface area (Å²) in [5.74, 6) is 0.941. The number of nitrogens with two attached hydrogens (primary N) is 1. The number of benzene rings is 3. The summed E-state index contributed by atoms with van der Waals surface area (Å²) in [5, 5.41) is 9.75. The van der Waals surface area contributed by atoms with Crippen LogP contribution < -0.4 is 24.7 Å². The first-order valence-corrected chi connectivity index (χ1v) is 11.3. The molecule has 7 heteroatoms. The van der Waals surface area contributed by atoms with Gasteiger partial charge in [-0.15, -0.1) is 0 Å². The van der Waals surface area contributed by atoms with Crippen molar-refractivity contribution in [3.05, 3.63) is 94.9 Å². The zero-order chi connectivity index (χ0) is 24.9. The van der Waals surface area contributed by atoms with Crippen LogP contribution in [0.3, 0.4) is 0 Å². The minimum Gasteiger partial charge on any atom is -0.497 e. The molecule has 0 radical (unpaired) electrons. The average molecular weight is 471 g/mol. The molecule has 0 amide bonds. The molecule has 2 atom stereocenters. The number of nitriles is 1. The van der Waals surface area contributed by atoms with E-state index < -0.39 is 18.0 Å². The first-order valence-electron chi connectivity index (χ1n) is 11.3. The van der Waals surface area contributed by atoms with E-state index in [-0.39, 0.29) is 11.6 Å². The minimum atomic E-state index is -0.820. The van der Waals surface area contributed by atoms with E-state index in [0.717, 1.165) is 17.5 Å². The Morgan fingerprint density at radius 3 is 2.51 bits per heavy atom. The van der Waals surface area contributed by atoms with Gasteiger partial charge in [0, 0.05) is 11.6 Å². The first kappa shape index (κ1) is 23.7. The molecule has 2 N–H and O–H groups in total. The SMILES string of the molecule is CCc1ccc(OC(C)C(=O)Oc2ccc3c(c2)OC(N)=C(C#N)C3c2cccc(OC)c2)cc1. The fraction of sp³-hybridized carbons (Fsp3) is 0.214. The summed E-state index contributed by atoms with van der Waals surface area (Å²) in [7, 11) is 1.58. The third kappa shape index (κ3) is 5.07. The molecule has 1 heterocycles. The van der Waals surface area contributed by atoms with E-state index in [2.05, 4.69) is 13.0 Å². The third-order valence-corrected chi connectivity index (χ3v) is 5.81. The Labute approximate surface area is 204 Å². The molecule has 0 aliphatic carbocycles. The Morgan fingerprint density at radius 2 is 1.83 bits per heavy atom. The number of ether oxygens (including phenoxy) is 4. The summed E-state index contributed by atoms with van der Waals surface area (Å²) in [6.45, 7) is 3.70. The summed E-state index contributed by atoms with van der Waals surface area (Å²) < 4.78 is 22.3. The lowest BCUT2D eigenvalue weighted by Gasteiger charge is -2.27. The van der Waals surface area contributed by atoms with Crippen molar-refractivity contribution in [3.63, 3.8) is 0 Å². The monoisotopic (exact) mass is 470 g/mol. The number of carbonyl (C=O) groups excluding carboxylic acids is 1. The minimum absolute atomic E-state index is 0.00326. The lowest BCUT2D eigenvalue weighted by atomic mass is 9.83. The van der Waals surface area contributed by atoms with Gasteiger partial charge < -0.3 is 24.7 Å². The fourth-order valence-corrected chi connectivity index (χ4v) is 3.92. The molecule has 0 spiro atoms. The largest absolute Gasteiger partial charge is 0.497 e. The van der Waals surface area contributed by atoms with Gasteiger partial charge in [-0.05, 0) is 54.8 Å². The second-order valence-electron chi connectivity index (χ2n) is 8.08. The number of hydrogen-bond donors (Lipinski definition) is 1. The maximum atomic E-state index is 12.6. The summed E-state index contributed by atoms with van der Waals surface area (Å²) in [5.41, 5.74) is 9.12. The van der Waals surface area contributed by atoms with Crippen molar-refractivity contribution in [1.82, 2.24) is 0 Å². The molecule has 0 saturated heterocycles. The van der Waals surface area contributed by atoms with E-state index in [1.807, 2.05) is 48.5 Å². The molecule has 1 aliphatic rings. The van der Waals surface area contributed by atoms with Crippen molar-refractivity contribution in [2.24, 2.45) is 5.73 Å². The summed E-state index contributed by atoms with van der Waals surface area (Å²) >= 11 is 0. The number of hydrogen-bond acceptors (Lipinski definition) is 7. The highest BCUT2D eigenvalue weighted by molar-refractivity contribution is 5.77. The second kappa shape index (κ2) is 10.2. The molecule has 178 valence electrons. The van der Waals surface area contributed by atoms with Gasteiger partial charge in [0.15, 0.2) is 6.10 Å². The molecule has 0 aromatic heterocycles. The smallest absolute Gasteiger partial charge is 0.352 e. The van der Waals surface area contributed by atoms with Crippen LogP contribution in [0.15, 0.2) is 78.2 Å². The number of aryl methyl sites for hydroxylation is 1. The zero-order valence-corrected chi connectivity index (χ0v) is 19.8. The lowest BCUT2D eigenvalue weighted by Crippen LogP contribution is -2.28. The van der Waals surface area contributed by atoms with Crippen LogP contribution in [0.25, 0.3) is 0 Å². The van der Waals surface area contributed by atoms with Crippen LogP contribution in [0.5, 0.6) is 23.0 Å². The summed E-state index contributed by atoms with van der Waals surface area (Å²) in [6.07, 6.45) is 0.103. The number of nitrogens with zero attached hydrogens (tertiary/aromatic N) is 1. The van der Waals surface area contributed by atoms with Gasteiger partial charge in [-0.3, -0.25) is 0 Å². The van der Waals surface area contributed by atoms with E-state index in [4.69, 9.17) is 24.7 Å². The molecule has 2 unspecified atom stereocenters. The van der Waals surface area contributed by atoms with Gasteiger partial charge in [0.25, 0.3) is 0 Å². The Hall–Kier alpha value is -4.44. The fourth-order valence-electron chi connectivity index (χ4n) is 3.92. The maximum absolute atomic E-state index is 12.6. The van der Waals surface area contributed by atoms with E-state index in [1.165, 1.54) is 5.56 Å². The van der Waals surface area contributed by atoms with Crippen molar-refractivity contribution >= 4 is 5.97 Å². The van der Waals surface area contributed by atoms with Crippen molar-refractivity contribution in [1.29, 1.82) is 5.26 Å². The van der Waals surface area contributed by atoms with Crippen LogP contribution in [0, 0.1) is 11.3 Å². The lowest BCUT2D eigenvalue weighted by molar-refractivity contribution is -0.141. The van der Waals surface area contributed by atoms with Crippen LogP contribution in [0.1, 0.15) is 36.5 Å². The van der Waals surface area contributed by atoms with Crippen LogP contribution in [-0.2, 0) is 11.2 Å². The van der Waals surface area contributed by atoms with Gasteiger partial charge >= 0.3 is 5.97 Å². The number of fused-ring (bicyclic) bond motifs is 1. The highest BCUT2D eigenvalue weighted by Crippen LogP contribution is 2.44. The number of carbonyl (C=O) groups is 1. The topological polar surface area (TPSA) is 104 Å². The predicted octanol–water partition coefficient (Wildman–Crippen LogP) is 4.85. The Bertz CT molecular complexity index is 1310. The van der Waals surface area contributed by atoms with Crippen molar-refractivity contribution in [3.8, 4) is 29.1 Å². The van der Waals surface area contributed by atoms with Crippen molar-refractivity contribution < 1.29 is 23.7 Å². The molecule has 4 rings (SSSR count). The molecule has 3 aromatic carbocycles. The number of esters is 1. The molecule has 1 aliphatic heterocycles. The average Bonchev–Trinajstić information content (AvgIpc) is 2.88. The van der Waals surface area contributed by atoms with Gasteiger partial charge in [-0.1, -0.05) is 37.3 Å². The molecule has 0 bridgehead atoms. The normalized spacial score (nSPS) is 15.3. The van der Waals surface area contributed by atoms with E-state index in [0.29, 0.717) is 22.8 Å². The van der Waals surface area contributed by atoms with Crippen LogP contribution >= 0.6 is 0 Å². The molecular weight excluding hydrogens is 444 g/mol. The van der Waals surface area contributed by atoms with Gasteiger partial charge in [0.05, 0.1) is 13.0 Å². The van der Waals surface area contributed by atoms with Gasteiger partial charge in [-0.25, -0.2) is 4.79 Å². The zero-order valence-electron chi connectivity index (χ0n) is 19.8. The highest BCUT2D eigenvalue weighted by atomic mass is 16.6. The van der Waals surface area contributed by atoms with E-state index >= 15 is 0 Å². The number of methoxy groups -OCH3 is 1. The predicted molar refractivity (Wildman–Crippen MR) is 130 cm³/mol. The summed E-state index contributed by atoms with van der Waals surface area (Å²) in [4.78, 5) is 12.6. The van der Waals surface area contributed by atoms with Crippen LogP contribution in [-0.4, -0.2) is 19.2 Å². The van der Waals surface area contributed by atoms with E-state index in [1.54, 1.807) is 32.2 Å². The van der Waals surface area contributed by atoms with E-state index in [9.17, 15) is 10.1 Å². The summed E-state index contributed by atoms with van der Waals surface area (Å²) in [6, 6.07) is 22.2. The van der Waals surface area contributed by atoms with Gasteiger partial charge in [-0.2, -0.15) is 5.26 Å². The molecule has 35 heavy (non-hydrogen) atoms. The maximum Gasteiger partial charge on any atom is 0.352 e. The highest BCUT2D eigenvalue weighted by Gasteiger charge is 2.31. The standard InChI is InChI=1S/C28H26N2O5/c1-4-18-8-10-20(11-9-18)33-17(2)28(31)34-22-12-13-23-25(15-22)35-27(30)24(16-29)26(23)19-6-5-7-21(14-19)32-3/h5-15,17,26H,4,30H2,1-3H3. The molecule has 3 aromatic rings. The van der Waals surface area contributed by atoms with Gasteiger partial charge in [0.2, 0.25) is 5.88 Å². The second-order valence-corrected chi connectivity index (χ2v) is 8.08. The number of rotatable bonds is 7. The third-order valence-electron chi connectivity index (χ3n) is 5.81. The van der Waals surface area contributed by atoms with Crippen LogP contribution in [0.4, 0.5) is 0 Å². The molecular formula is C28H26N2O5. The first-order chi connectivity index (χ1) is 16.9. The Balaban J connectivity index is 1.55. The molecule has 7 nitrogen and oxygen atoms in total. The molecule has 0 saturated carbocycles. The Morgan fingerprint density at radius 1 is 1.09 bits per heavy atom. The quantitative estimate of drug-likeness (QED) is 0.389. The number of allylic oxidation sites excluding steroid dienone is 1. The van der Waals surface area contributed by atoms with Crippen LogP contribution in [0.2, 0.25) is 0 Å². The van der Waals surface area contributed by atoms with Crippen molar-refractivity contribution in [2.75, 3.05) is 7.11 Å².